The van der Waals surface area contributed by atoms with E-state index in [0.717, 1.165) is 12.1 Å². The average molecular weight is 565 g/mol. The molecule has 37 heavy (non-hydrogen) atoms. The number of carbonyl (C=O) groups is 1. The molecule has 0 unspecified atom stereocenters. The zero-order chi connectivity index (χ0) is 27.4. The molecule has 0 amide bonds. The van der Waals surface area contributed by atoms with Crippen molar-refractivity contribution in [3.05, 3.63) is 45.3 Å². The molecule has 0 N–H and O–H groups in total. The van der Waals surface area contributed by atoms with E-state index in [1.165, 1.54) is 17.9 Å². The summed E-state index contributed by atoms with van der Waals surface area (Å²) in [7, 11) is -1.23. The Balaban J connectivity index is 2.01. The quantitative estimate of drug-likeness (QED) is 0.167. The molecule has 0 aliphatic carbocycles. The van der Waals surface area contributed by atoms with Crippen LogP contribution in [0.4, 0.5) is 0 Å². The first-order valence-electron chi connectivity index (χ1n) is 12.3. The van der Waals surface area contributed by atoms with Gasteiger partial charge in [0.05, 0.1) is 29.3 Å². The van der Waals surface area contributed by atoms with Crippen molar-refractivity contribution in [3.8, 4) is 11.4 Å². The van der Waals surface area contributed by atoms with Gasteiger partial charge in [-0.25, -0.2) is 14.5 Å². The molecule has 3 aromatic rings. The maximum atomic E-state index is 13.4. The zero-order valence-electron chi connectivity index (χ0n) is 22.8. The van der Waals surface area contributed by atoms with Crippen LogP contribution in [0.5, 0.6) is 0 Å². The van der Waals surface area contributed by atoms with E-state index in [-0.39, 0.29) is 29.7 Å². The lowest BCUT2D eigenvalue weighted by Gasteiger charge is -2.17. The van der Waals surface area contributed by atoms with Gasteiger partial charge in [-0.1, -0.05) is 50.9 Å². The largest absolute Gasteiger partial charge is 0.465 e. The minimum atomic E-state index is -1.29. The second kappa shape index (κ2) is 12.0. The highest BCUT2D eigenvalue weighted by molar-refractivity contribution is 6.76. The molecule has 12 heteroatoms. The van der Waals surface area contributed by atoms with Crippen molar-refractivity contribution < 1.29 is 19.0 Å². The van der Waals surface area contributed by atoms with E-state index in [2.05, 4.69) is 44.4 Å². The van der Waals surface area contributed by atoms with Crippen LogP contribution < -0.4 is 5.56 Å². The second-order valence-corrected chi connectivity index (χ2v) is 23.1. The molecule has 2 aromatic heterocycles. The van der Waals surface area contributed by atoms with Gasteiger partial charge in [-0.2, -0.15) is 5.10 Å². The normalized spacial score (nSPS) is 12.3. The Morgan fingerprint density at radius 1 is 0.973 bits per heavy atom. The summed E-state index contributed by atoms with van der Waals surface area (Å²) in [6.07, 6.45) is 0. The molecule has 0 saturated carbocycles. The van der Waals surface area contributed by atoms with Gasteiger partial charge >= 0.3 is 5.97 Å². The van der Waals surface area contributed by atoms with Crippen LogP contribution in [0.1, 0.15) is 10.4 Å². The van der Waals surface area contributed by atoms with Gasteiger partial charge in [-0.05, 0) is 36.4 Å². The van der Waals surface area contributed by atoms with E-state index < -0.39 is 22.1 Å². The molecule has 0 radical (unpaired) electrons. The number of fused-ring (bicyclic) bond motifs is 1. The smallest absolute Gasteiger partial charge is 0.337 e. The summed E-state index contributed by atoms with van der Waals surface area (Å²) >= 11 is 6.33. The number of rotatable bonds is 12. The maximum absolute atomic E-state index is 13.4. The summed E-state index contributed by atoms with van der Waals surface area (Å²) in [4.78, 5) is 30.3. The van der Waals surface area contributed by atoms with Gasteiger partial charge in [0.2, 0.25) is 0 Å². The molecule has 2 heterocycles. The SMILES string of the molecule is COC(=O)c1ccc2nc(-c3cc(Cl)nn(COCC[Si](C)(C)C)c3=O)n(COCC[Si](C)(C)C)c2c1. The van der Waals surface area contributed by atoms with Crippen LogP contribution in [-0.4, -0.2) is 61.8 Å². The fourth-order valence-electron chi connectivity index (χ4n) is 3.52. The number of nitrogens with zero attached hydrogens (tertiary/aromatic N) is 4. The first kappa shape index (κ1) is 29.2. The third kappa shape index (κ3) is 8.08. The molecule has 1 aromatic carbocycles. The molecule has 3 rings (SSSR count). The van der Waals surface area contributed by atoms with Gasteiger partial charge in [0.25, 0.3) is 5.56 Å². The molecule has 0 saturated heterocycles. The van der Waals surface area contributed by atoms with Crippen LogP contribution in [-0.2, 0) is 27.7 Å². The van der Waals surface area contributed by atoms with Crippen LogP contribution in [0, 0.1) is 0 Å². The molecule has 9 nitrogen and oxygen atoms in total. The number of esters is 1. The fourth-order valence-corrected chi connectivity index (χ4v) is 5.24. The topological polar surface area (TPSA) is 97.5 Å². The predicted molar refractivity (Wildman–Crippen MR) is 152 cm³/mol. The monoisotopic (exact) mass is 564 g/mol. The Morgan fingerprint density at radius 3 is 2.19 bits per heavy atom. The average Bonchev–Trinajstić information content (AvgIpc) is 3.17. The number of hydrogen-bond donors (Lipinski definition) is 0. The minimum Gasteiger partial charge on any atom is -0.465 e. The molecule has 0 spiro atoms. The highest BCUT2D eigenvalue weighted by atomic mass is 35.5. The van der Waals surface area contributed by atoms with Crippen LogP contribution in [0.3, 0.4) is 0 Å². The molecule has 202 valence electrons. The Hall–Kier alpha value is -2.32. The molecule has 0 atom stereocenters. The number of imidazole rings is 1. The molecule has 0 aliphatic rings. The fraction of sp³-hybridized carbons (Fsp3) is 0.520. The minimum absolute atomic E-state index is 0.00367. The van der Waals surface area contributed by atoms with Gasteiger partial charge in [0.1, 0.15) is 19.3 Å². The van der Waals surface area contributed by atoms with Crippen molar-refractivity contribution in [3.63, 3.8) is 0 Å². The first-order chi connectivity index (χ1) is 17.3. The zero-order valence-corrected chi connectivity index (χ0v) is 25.5. The molecule has 0 aliphatic heterocycles. The molecular weight excluding hydrogens is 528 g/mol. The summed E-state index contributed by atoms with van der Waals surface area (Å²) < 4.78 is 19.7. The lowest BCUT2D eigenvalue weighted by atomic mass is 10.2. The highest BCUT2D eigenvalue weighted by Gasteiger charge is 2.21. The van der Waals surface area contributed by atoms with Crippen LogP contribution in [0.15, 0.2) is 29.1 Å². The van der Waals surface area contributed by atoms with E-state index in [1.54, 1.807) is 22.8 Å². The molecule has 0 bridgehead atoms. The van der Waals surface area contributed by atoms with Crippen molar-refractivity contribution in [1.29, 1.82) is 0 Å². The number of benzene rings is 1. The first-order valence-corrected chi connectivity index (χ1v) is 20.1. The molecular formula is C25H37ClN4O5Si2. The summed E-state index contributed by atoms with van der Waals surface area (Å²) in [5.74, 6) is -0.0733. The number of hydrogen-bond acceptors (Lipinski definition) is 7. The Kier molecular flexibility index (Phi) is 9.51. The number of halogens is 1. The summed E-state index contributed by atoms with van der Waals surface area (Å²) in [5, 5.41) is 4.31. The Labute approximate surface area is 224 Å². The van der Waals surface area contributed by atoms with Crippen LogP contribution in [0.2, 0.25) is 56.5 Å². The van der Waals surface area contributed by atoms with Gasteiger partial charge in [-0.15, -0.1) is 0 Å². The summed E-state index contributed by atoms with van der Waals surface area (Å²) in [6, 6.07) is 8.53. The van der Waals surface area contributed by atoms with Crippen molar-refractivity contribution in [2.45, 2.75) is 64.8 Å². The predicted octanol–water partition coefficient (Wildman–Crippen LogP) is 5.32. The number of methoxy groups -OCH3 is 1. The Bertz CT molecular complexity index is 1310. The summed E-state index contributed by atoms with van der Waals surface area (Å²) in [6.45, 7) is 14.9. The standard InChI is InChI=1S/C25H37ClN4O5Si2/c1-33-25(32)18-8-9-20-21(14-18)29(16-34-10-12-36(2,3)4)23(27-20)19-15-22(26)28-30(24(19)31)17-35-11-13-37(5,6)7/h8-9,14-15H,10-13,16-17H2,1-7H3. The lowest BCUT2D eigenvalue weighted by Crippen LogP contribution is -2.28. The second-order valence-electron chi connectivity index (χ2n) is 11.4. The Morgan fingerprint density at radius 2 is 1.59 bits per heavy atom. The van der Waals surface area contributed by atoms with E-state index in [1.807, 2.05) is 0 Å². The van der Waals surface area contributed by atoms with E-state index in [4.69, 9.17) is 30.8 Å². The van der Waals surface area contributed by atoms with Crippen LogP contribution >= 0.6 is 11.6 Å². The summed E-state index contributed by atoms with van der Waals surface area (Å²) in [5.41, 5.74) is 1.55. The van der Waals surface area contributed by atoms with E-state index in [9.17, 15) is 9.59 Å². The molecule has 0 fully saturated rings. The third-order valence-electron chi connectivity index (χ3n) is 5.78. The van der Waals surface area contributed by atoms with Crippen LogP contribution in [0.25, 0.3) is 22.4 Å². The highest BCUT2D eigenvalue weighted by Crippen LogP contribution is 2.26. The van der Waals surface area contributed by atoms with Gasteiger partial charge in [0, 0.05) is 29.4 Å². The van der Waals surface area contributed by atoms with Crippen molar-refractivity contribution in [2.75, 3.05) is 20.3 Å². The van der Waals surface area contributed by atoms with Gasteiger partial charge in [0.15, 0.2) is 5.15 Å². The van der Waals surface area contributed by atoms with E-state index in [0.29, 0.717) is 35.6 Å². The lowest BCUT2D eigenvalue weighted by molar-refractivity contribution is 0.0600. The van der Waals surface area contributed by atoms with Crippen molar-refractivity contribution in [1.82, 2.24) is 19.3 Å². The van der Waals surface area contributed by atoms with Gasteiger partial charge in [-0.3, -0.25) is 9.36 Å². The maximum Gasteiger partial charge on any atom is 0.337 e. The van der Waals surface area contributed by atoms with Crippen molar-refractivity contribution >= 4 is 44.8 Å². The number of aromatic nitrogens is 4. The van der Waals surface area contributed by atoms with Gasteiger partial charge < -0.3 is 14.2 Å². The van der Waals surface area contributed by atoms with E-state index >= 15 is 0 Å². The number of carbonyl (C=O) groups excluding carboxylic acids is 1. The third-order valence-corrected chi connectivity index (χ3v) is 9.37. The van der Waals surface area contributed by atoms with Crippen molar-refractivity contribution in [2.24, 2.45) is 0 Å². The number of ether oxygens (including phenoxy) is 3.